The van der Waals surface area contributed by atoms with Gasteiger partial charge in [-0.1, -0.05) is 25.1 Å². The maximum atomic E-state index is 9.47. The van der Waals surface area contributed by atoms with Crippen LogP contribution in [0, 0.1) is 5.92 Å². The fourth-order valence-electron chi connectivity index (χ4n) is 4.33. The van der Waals surface area contributed by atoms with Gasteiger partial charge >= 0.3 is 0 Å². The highest BCUT2D eigenvalue weighted by Gasteiger charge is 2.36. The number of aryl methyl sites for hydroxylation is 1. The van der Waals surface area contributed by atoms with Crippen LogP contribution in [0.1, 0.15) is 61.6 Å². The molecular weight excluding hydrogens is 302 g/mol. The molecule has 1 saturated carbocycles. The van der Waals surface area contributed by atoms with Crippen LogP contribution < -0.4 is 5.73 Å². The third kappa shape index (κ3) is 4.12. The van der Waals surface area contributed by atoms with Crippen LogP contribution in [0.3, 0.4) is 0 Å². The van der Waals surface area contributed by atoms with E-state index in [-0.39, 0.29) is 12.1 Å². The Morgan fingerprint density at radius 1 is 1.30 bits per heavy atom. The van der Waals surface area contributed by atoms with Crippen molar-refractivity contribution in [3.63, 3.8) is 0 Å². The smallest absolute Gasteiger partial charge is 0.0611 e. The predicted molar refractivity (Wildman–Crippen MR) is 100 cm³/mol. The molecule has 0 spiro atoms. The molecule has 0 saturated heterocycles. The van der Waals surface area contributed by atoms with Crippen molar-refractivity contribution in [1.82, 2.24) is 0 Å². The van der Waals surface area contributed by atoms with Crippen LogP contribution >= 0.6 is 11.8 Å². The van der Waals surface area contributed by atoms with Gasteiger partial charge in [0.2, 0.25) is 0 Å². The van der Waals surface area contributed by atoms with Crippen LogP contribution in [-0.4, -0.2) is 28.8 Å². The van der Waals surface area contributed by atoms with Crippen LogP contribution in [0.2, 0.25) is 0 Å². The van der Waals surface area contributed by atoms with E-state index in [4.69, 9.17) is 5.73 Å². The quantitative estimate of drug-likeness (QED) is 0.776. The average molecular weight is 334 g/mol. The number of aliphatic hydroxyl groups is 1. The van der Waals surface area contributed by atoms with E-state index in [1.165, 1.54) is 42.8 Å². The number of thioether (sulfide) groups is 1. The summed E-state index contributed by atoms with van der Waals surface area (Å²) in [6.45, 7) is 2.37. The molecule has 1 unspecified atom stereocenters. The summed E-state index contributed by atoms with van der Waals surface area (Å²) in [7, 11) is 0. The first-order valence-corrected chi connectivity index (χ1v) is 10.4. The van der Waals surface area contributed by atoms with Crippen molar-refractivity contribution in [3.8, 4) is 0 Å². The summed E-state index contributed by atoms with van der Waals surface area (Å²) in [5, 5.41) is 9.47. The molecule has 0 radical (unpaired) electrons. The Morgan fingerprint density at radius 2 is 2.17 bits per heavy atom. The summed E-state index contributed by atoms with van der Waals surface area (Å²) in [5.41, 5.74) is 10.5. The second-order valence-electron chi connectivity index (χ2n) is 7.58. The zero-order valence-corrected chi connectivity index (χ0v) is 15.2. The highest BCUT2D eigenvalue weighted by molar-refractivity contribution is 7.99. The zero-order chi connectivity index (χ0) is 16.3. The summed E-state index contributed by atoms with van der Waals surface area (Å²) in [6, 6.07) is 7.15. The Bertz CT molecular complexity index is 532. The van der Waals surface area contributed by atoms with E-state index in [1.807, 2.05) is 0 Å². The summed E-state index contributed by atoms with van der Waals surface area (Å²) >= 11 is 2.07. The van der Waals surface area contributed by atoms with E-state index in [0.717, 1.165) is 25.2 Å². The molecule has 1 aromatic carbocycles. The van der Waals surface area contributed by atoms with Gasteiger partial charge in [-0.15, -0.1) is 0 Å². The molecule has 3 rings (SSSR count). The Balaban J connectivity index is 1.63. The number of fused-ring (bicyclic) bond motifs is 1. The first-order chi connectivity index (χ1) is 11.1. The fourth-order valence-corrected chi connectivity index (χ4v) is 5.12. The molecule has 23 heavy (non-hydrogen) atoms. The molecule has 2 aliphatic carbocycles. The van der Waals surface area contributed by atoms with Crippen molar-refractivity contribution >= 4 is 11.8 Å². The van der Waals surface area contributed by atoms with Gasteiger partial charge in [0.05, 0.1) is 6.61 Å². The maximum absolute atomic E-state index is 9.47. The minimum atomic E-state index is -0.345. The van der Waals surface area contributed by atoms with Crippen molar-refractivity contribution in [2.24, 2.45) is 11.7 Å². The van der Waals surface area contributed by atoms with Gasteiger partial charge in [0, 0.05) is 5.54 Å². The number of nitrogens with two attached hydrogens (primary N) is 1. The van der Waals surface area contributed by atoms with E-state index >= 15 is 0 Å². The normalized spacial score (nSPS) is 30.4. The highest BCUT2D eigenvalue weighted by atomic mass is 32.2. The summed E-state index contributed by atoms with van der Waals surface area (Å²) in [4.78, 5) is 0. The Labute approximate surface area is 145 Å². The lowest BCUT2D eigenvalue weighted by atomic mass is 9.80. The predicted octanol–water partition coefficient (Wildman–Crippen LogP) is 3.89. The van der Waals surface area contributed by atoms with Crippen molar-refractivity contribution in [3.05, 3.63) is 34.9 Å². The number of aliphatic hydroxyl groups excluding tert-OH is 1. The molecule has 1 fully saturated rings. The number of hydrogen-bond acceptors (Lipinski definition) is 3. The Morgan fingerprint density at radius 3 is 2.91 bits per heavy atom. The van der Waals surface area contributed by atoms with Gasteiger partial charge in [0.15, 0.2) is 0 Å². The van der Waals surface area contributed by atoms with Gasteiger partial charge in [0.25, 0.3) is 0 Å². The first kappa shape index (κ1) is 17.3. The second kappa shape index (κ2) is 7.58. The average Bonchev–Trinajstić information content (AvgIpc) is 2.98. The molecule has 3 heteroatoms. The second-order valence-corrected chi connectivity index (χ2v) is 8.98. The molecule has 0 aromatic heterocycles. The summed E-state index contributed by atoms with van der Waals surface area (Å²) < 4.78 is 0. The minimum Gasteiger partial charge on any atom is -0.394 e. The van der Waals surface area contributed by atoms with Crippen molar-refractivity contribution < 1.29 is 5.11 Å². The standard InChI is InChI=1S/C20H31NOS/c1-2-23-10-8-15-3-4-17-12-18(6-5-16(17)11-15)19-7-9-20(21,13-19)14-22/h5-6,12,15,19,22H,2-4,7-11,13-14,21H2,1H3/t15?,19-,20+/m0/s1. The third-order valence-corrected chi connectivity index (χ3v) is 6.80. The monoisotopic (exact) mass is 333 g/mol. The molecule has 3 atom stereocenters. The van der Waals surface area contributed by atoms with E-state index in [2.05, 4.69) is 36.9 Å². The van der Waals surface area contributed by atoms with Gasteiger partial charge in [-0.2, -0.15) is 11.8 Å². The van der Waals surface area contributed by atoms with Crippen molar-refractivity contribution in [2.75, 3.05) is 18.1 Å². The molecule has 1 aromatic rings. The van der Waals surface area contributed by atoms with Gasteiger partial charge < -0.3 is 10.8 Å². The largest absolute Gasteiger partial charge is 0.394 e. The van der Waals surface area contributed by atoms with Crippen LogP contribution in [0.15, 0.2) is 18.2 Å². The summed E-state index contributed by atoms with van der Waals surface area (Å²) in [6.07, 6.45) is 8.22. The third-order valence-electron chi connectivity index (χ3n) is 5.87. The van der Waals surface area contributed by atoms with Gasteiger partial charge in [-0.3, -0.25) is 0 Å². The summed E-state index contributed by atoms with van der Waals surface area (Å²) in [5.74, 6) is 3.97. The number of benzene rings is 1. The van der Waals surface area contributed by atoms with E-state index < -0.39 is 0 Å². The molecular formula is C20H31NOS. The lowest BCUT2D eigenvalue weighted by molar-refractivity contribution is 0.198. The van der Waals surface area contributed by atoms with E-state index in [9.17, 15) is 5.11 Å². The first-order valence-electron chi connectivity index (χ1n) is 9.23. The van der Waals surface area contributed by atoms with Gasteiger partial charge in [-0.25, -0.2) is 0 Å². The van der Waals surface area contributed by atoms with Crippen molar-refractivity contribution in [2.45, 2.75) is 63.3 Å². The molecule has 2 nitrogen and oxygen atoms in total. The Hall–Kier alpha value is -0.510. The highest BCUT2D eigenvalue weighted by Crippen LogP contribution is 2.40. The lowest BCUT2D eigenvalue weighted by Crippen LogP contribution is -2.40. The molecule has 128 valence electrons. The molecule has 3 N–H and O–H groups in total. The molecule has 2 aliphatic rings. The van der Waals surface area contributed by atoms with Crippen LogP contribution in [0.4, 0.5) is 0 Å². The van der Waals surface area contributed by atoms with Crippen LogP contribution in [0.25, 0.3) is 0 Å². The van der Waals surface area contributed by atoms with E-state index in [0.29, 0.717) is 5.92 Å². The topological polar surface area (TPSA) is 46.2 Å². The molecule has 0 amide bonds. The zero-order valence-electron chi connectivity index (χ0n) is 14.4. The SMILES string of the molecule is CCSCCC1CCc2cc([C@H]3CC[C@](N)(CO)C3)ccc2C1. The minimum absolute atomic E-state index is 0.117. The van der Waals surface area contributed by atoms with Crippen LogP contribution in [0.5, 0.6) is 0 Å². The number of rotatable bonds is 6. The van der Waals surface area contributed by atoms with Crippen LogP contribution in [-0.2, 0) is 12.8 Å². The molecule has 0 heterocycles. The van der Waals surface area contributed by atoms with Gasteiger partial charge in [-0.05, 0) is 85.0 Å². The number of hydrogen-bond donors (Lipinski definition) is 2. The lowest BCUT2D eigenvalue weighted by Gasteiger charge is -2.26. The van der Waals surface area contributed by atoms with E-state index in [1.54, 1.807) is 11.1 Å². The Kier molecular flexibility index (Phi) is 5.71. The molecule has 0 bridgehead atoms. The van der Waals surface area contributed by atoms with Gasteiger partial charge in [0.1, 0.15) is 0 Å². The maximum Gasteiger partial charge on any atom is 0.0611 e. The fraction of sp³-hybridized carbons (Fsp3) is 0.700. The molecule has 0 aliphatic heterocycles. The van der Waals surface area contributed by atoms with Crippen molar-refractivity contribution in [1.29, 1.82) is 0 Å².